The molecule has 1 amide bonds. The van der Waals surface area contributed by atoms with Gasteiger partial charge in [0, 0.05) is 20.6 Å². The van der Waals surface area contributed by atoms with Crippen LogP contribution < -0.4 is 10.0 Å². The SMILES string of the molecule is COC1OC(CNS(C)(=O)=O)C(OC2OC(CO)C(O)C(O)C2O)C(O)C1NC(C)=O. The van der Waals surface area contributed by atoms with Gasteiger partial charge in [-0.15, -0.1) is 0 Å². The largest absolute Gasteiger partial charge is 0.394 e. The van der Waals surface area contributed by atoms with Crippen LogP contribution >= 0.6 is 0 Å². The van der Waals surface area contributed by atoms with Gasteiger partial charge in [-0.1, -0.05) is 0 Å². The fraction of sp³-hybridized carbons (Fsp3) is 0.938. The molecule has 2 aliphatic rings. The lowest BCUT2D eigenvalue weighted by atomic mass is 9.95. The first-order valence-corrected chi connectivity index (χ1v) is 11.3. The van der Waals surface area contributed by atoms with Gasteiger partial charge >= 0.3 is 0 Å². The van der Waals surface area contributed by atoms with Crippen molar-refractivity contribution in [1.29, 1.82) is 0 Å². The van der Waals surface area contributed by atoms with Crippen molar-refractivity contribution in [1.82, 2.24) is 10.0 Å². The van der Waals surface area contributed by atoms with E-state index in [1.165, 1.54) is 14.0 Å². The maximum Gasteiger partial charge on any atom is 0.217 e. The number of rotatable bonds is 8. The Bertz CT molecular complexity index is 707. The van der Waals surface area contributed by atoms with Crippen molar-refractivity contribution in [2.45, 2.75) is 68.3 Å². The van der Waals surface area contributed by atoms with Crippen LogP contribution in [0.5, 0.6) is 0 Å². The lowest BCUT2D eigenvalue weighted by Gasteiger charge is -2.47. The summed E-state index contributed by atoms with van der Waals surface area (Å²) < 4.78 is 46.9. The Morgan fingerprint density at radius 3 is 2.13 bits per heavy atom. The molecule has 31 heavy (non-hydrogen) atoms. The van der Waals surface area contributed by atoms with Crippen molar-refractivity contribution >= 4 is 15.9 Å². The Hall–Kier alpha value is -0.980. The number of hydrogen-bond donors (Lipinski definition) is 7. The van der Waals surface area contributed by atoms with Crippen molar-refractivity contribution in [3.05, 3.63) is 0 Å². The smallest absolute Gasteiger partial charge is 0.217 e. The van der Waals surface area contributed by atoms with Gasteiger partial charge in [-0.3, -0.25) is 4.79 Å². The Kier molecular flexibility index (Phi) is 9.12. The molecule has 15 heteroatoms. The highest BCUT2D eigenvalue weighted by molar-refractivity contribution is 7.88. The van der Waals surface area contributed by atoms with Crippen LogP contribution in [0.1, 0.15) is 6.92 Å². The van der Waals surface area contributed by atoms with Crippen LogP contribution in [0.3, 0.4) is 0 Å². The van der Waals surface area contributed by atoms with E-state index >= 15 is 0 Å². The Morgan fingerprint density at radius 1 is 1.00 bits per heavy atom. The lowest BCUT2D eigenvalue weighted by Crippen LogP contribution is -2.68. The Balaban J connectivity index is 2.29. The number of methoxy groups -OCH3 is 1. The minimum Gasteiger partial charge on any atom is -0.394 e. The molecule has 182 valence electrons. The van der Waals surface area contributed by atoms with E-state index in [-0.39, 0.29) is 6.54 Å². The second-order valence-electron chi connectivity index (χ2n) is 7.41. The van der Waals surface area contributed by atoms with Gasteiger partial charge in [0.05, 0.1) is 12.9 Å². The van der Waals surface area contributed by atoms with E-state index in [0.717, 1.165) is 6.26 Å². The van der Waals surface area contributed by atoms with E-state index in [2.05, 4.69) is 10.0 Å². The van der Waals surface area contributed by atoms with Gasteiger partial charge in [0.1, 0.15) is 48.8 Å². The molecule has 0 aliphatic carbocycles. The van der Waals surface area contributed by atoms with E-state index in [1.54, 1.807) is 0 Å². The summed E-state index contributed by atoms with van der Waals surface area (Å²) >= 11 is 0. The summed E-state index contributed by atoms with van der Waals surface area (Å²) in [6.45, 7) is 0.128. The molecule has 10 unspecified atom stereocenters. The van der Waals surface area contributed by atoms with Crippen LogP contribution in [0.15, 0.2) is 0 Å². The first-order valence-electron chi connectivity index (χ1n) is 9.43. The summed E-state index contributed by atoms with van der Waals surface area (Å²) in [7, 11) is -2.40. The number of nitrogens with one attached hydrogen (secondary N) is 2. The van der Waals surface area contributed by atoms with Gasteiger partial charge < -0.3 is 49.8 Å². The summed E-state index contributed by atoms with van der Waals surface area (Å²) in [6, 6.07) is -1.13. The predicted molar refractivity (Wildman–Crippen MR) is 101 cm³/mol. The van der Waals surface area contributed by atoms with E-state index in [9.17, 15) is 38.7 Å². The predicted octanol–water partition coefficient (Wildman–Crippen LogP) is -5.04. The molecule has 2 aliphatic heterocycles. The lowest BCUT2D eigenvalue weighted by molar-refractivity contribution is -0.344. The number of hydrogen-bond acceptors (Lipinski definition) is 12. The molecule has 0 saturated carbocycles. The second-order valence-corrected chi connectivity index (χ2v) is 9.25. The standard InChI is InChI=1S/C16H30N2O12S/c1-6(20)18-9-11(22)14(7(28-15(9)27-2)4-17-31(3,25)26)30-16-13(24)12(23)10(21)8(5-19)29-16/h7-17,19,21-24H,4-5H2,1-3H3,(H,18,20). The quantitative estimate of drug-likeness (QED) is 0.176. The van der Waals surface area contributed by atoms with Crippen LogP contribution in [0.2, 0.25) is 0 Å². The first-order chi connectivity index (χ1) is 14.4. The van der Waals surface area contributed by atoms with E-state index in [4.69, 9.17) is 18.9 Å². The molecule has 2 saturated heterocycles. The maximum absolute atomic E-state index is 11.5. The molecular weight excluding hydrogens is 444 g/mol. The van der Waals surface area contributed by atoms with Crippen molar-refractivity contribution in [2.75, 3.05) is 26.5 Å². The third-order valence-corrected chi connectivity index (χ3v) is 5.65. The molecule has 10 atom stereocenters. The van der Waals surface area contributed by atoms with Crippen LogP contribution in [0, 0.1) is 0 Å². The van der Waals surface area contributed by atoms with Gasteiger partial charge in [0.15, 0.2) is 12.6 Å². The van der Waals surface area contributed by atoms with Gasteiger partial charge in [-0.05, 0) is 0 Å². The average molecular weight is 474 g/mol. The molecule has 2 fully saturated rings. The Morgan fingerprint density at radius 2 is 1.61 bits per heavy atom. The van der Waals surface area contributed by atoms with Crippen molar-refractivity contribution in [2.24, 2.45) is 0 Å². The zero-order chi connectivity index (χ0) is 23.5. The molecule has 0 aromatic heterocycles. The zero-order valence-electron chi connectivity index (χ0n) is 17.2. The molecule has 0 aromatic rings. The number of carbonyl (C=O) groups excluding carboxylic acids is 1. The highest BCUT2D eigenvalue weighted by Gasteiger charge is 2.51. The van der Waals surface area contributed by atoms with Crippen LogP contribution in [0.4, 0.5) is 0 Å². The fourth-order valence-electron chi connectivity index (χ4n) is 3.41. The molecular formula is C16H30N2O12S. The number of sulfonamides is 1. The van der Waals surface area contributed by atoms with Gasteiger partial charge in [-0.2, -0.15) is 0 Å². The summed E-state index contributed by atoms with van der Waals surface area (Å²) in [5.74, 6) is -0.519. The molecule has 0 radical (unpaired) electrons. The summed E-state index contributed by atoms with van der Waals surface area (Å²) in [4.78, 5) is 11.5. The van der Waals surface area contributed by atoms with Gasteiger partial charge in [0.25, 0.3) is 0 Å². The van der Waals surface area contributed by atoms with Crippen LogP contribution in [0.25, 0.3) is 0 Å². The topological polar surface area (TPSA) is 213 Å². The minimum absolute atomic E-state index is 0.370. The van der Waals surface area contributed by atoms with E-state index in [0.29, 0.717) is 0 Å². The Labute approximate surface area is 179 Å². The molecule has 7 N–H and O–H groups in total. The molecule has 0 bridgehead atoms. The molecule has 2 rings (SSSR count). The van der Waals surface area contributed by atoms with Crippen LogP contribution in [-0.4, -0.2) is 128 Å². The van der Waals surface area contributed by atoms with Crippen molar-refractivity contribution < 1.29 is 57.7 Å². The third-order valence-electron chi connectivity index (χ3n) is 4.96. The highest BCUT2D eigenvalue weighted by Crippen LogP contribution is 2.29. The number of carbonyl (C=O) groups is 1. The minimum atomic E-state index is -3.66. The highest BCUT2D eigenvalue weighted by atomic mass is 32.2. The second kappa shape index (κ2) is 10.8. The number of aliphatic hydroxyl groups excluding tert-OH is 5. The molecule has 0 spiro atoms. The molecule has 2 heterocycles. The summed E-state index contributed by atoms with van der Waals surface area (Å²) in [6.07, 6.45) is -12.4. The van der Waals surface area contributed by atoms with E-state index in [1.807, 2.05) is 0 Å². The summed E-state index contributed by atoms with van der Waals surface area (Å²) in [5.41, 5.74) is 0. The van der Waals surface area contributed by atoms with Gasteiger partial charge in [-0.25, -0.2) is 13.1 Å². The monoisotopic (exact) mass is 474 g/mol. The zero-order valence-corrected chi connectivity index (χ0v) is 18.0. The average Bonchev–Trinajstić information content (AvgIpc) is 2.69. The third kappa shape index (κ3) is 6.52. The summed E-state index contributed by atoms with van der Waals surface area (Å²) in [5, 5.41) is 52.7. The number of aliphatic hydroxyl groups is 5. The normalized spacial score (nSPS) is 41.7. The maximum atomic E-state index is 11.5. The molecule has 14 nitrogen and oxygen atoms in total. The first kappa shape index (κ1) is 26.3. The van der Waals surface area contributed by atoms with E-state index < -0.39 is 83.9 Å². The van der Waals surface area contributed by atoms with Gasteiger partial charge in [0.2, 0.25) is 15.9 Å². The fourth-order valence-corrected chi connectivity index (χ4v) is 3.88. The molecule has 0 aromatic carbocycles. The number of amides is 1. The number of ether oxygens (including phenoxy) is 4. The van der Waals surface area contributed by atoms with Crippen LogP contribution in [-0.2, 0) is 33.8 Å². The van der Waals surface area contributed by atoms with Crippen molar-refractivity contribution in [3.8, 4) is 0 Å². The van der Waals surface area contributed by atoms with Crippen molar-refractivity contribution in [3.63, 3.8) is 0 Å².